The summed E-state index contributed by atoms with van der Waals surface area (Å²) >= 11 is 0. The molecular formula is C22H30N6O3. The van der Waals surface area contributed by atoms with Crippen LogP contribution in [0.15, 0.2) is 4.52 Å². The molecule has 1 N–H and O–H groups in total. The molecule has 166 valence electrons. The maximum absolute atomic E-state index is 13.0. The van der Waals surface area contributed by atoms with Gasteiger partial charge in [0.25, 0.3) is 0 Å². The number of carbonyl (C=O) groups excluding carboxylic acids is 2. The molecular weight excluding hydrogens is 396 g/mol. The Kier molecular flexibility index (Phi) is 5.93. The van der Waals surface area contributed by atoms with Gasteiger partial charge < -0.3 is 19.6 Å². The lowest BCUT2D eigenvalue weighted by atomic mass is 9.96. The van der Waals surface area contributed by atoms with Crippen molar-refractivity contribution in [2.75, 3.05) is 32.0 Å². The minimum atomic E-state index is 0.0478. The molecule has 2 aliphatic heterocycles. The van der Waals surface area contributed by atoms with Gasteiger partial charge in [-0.25, -0.2) is 9.97 Å². The van der Waals surface area contributed by atoms with Crippen LogP contribution in [0.25, 0.3) is 0 Å². The SMILES string of the molecule is CNc1nc([C@H]2CCCN(C(C)=O)C2)nc2c1CCN(C(=O)Cc1c(C)noc1C)C2. The molecule has 0 aliphatic carbocycles. The van der Waals surface area contributed by atoms with Crippen molar-refractivity contribution in [2.45, 2.75) is 58.9 Å². The molecule has 0 unspecified atom stereocenters. The van der Waals surface area contributed by atoms with Gasteiger partial charge in [0, 0.05) is 50.7 Å². The molecule has 0 radical (unpaired) electrons. The molecule has 1 atom stereocenters. The highest BCUT2D eigenvalue weighted by Gasteiger charge is 2.30. The van der Waals surface area contributed by atoms with Gasteiger partial charge in [-0.15, -0.1) is 0 Å². The molecule has 1 fully saturated rings. The molecule has 2 amide bonds. The van der Waals surface area contributed by atoms with Crippen LogP contribution in [0.2, 0.25) is 0 Å². The molecule has 9 nitrogen and oxygen atoms in total. The van der Waals surface area contributed by atoms with Gasteiger partial charge in [-0.2, -0.15) is 0 Å². The van der Waals surface area contributed by atoms with Crippen molar-refractivity contribution < 1.29 is 14.1 Å². The zero-order valence-corrected chi connectivity index (χ0v) is 18.7. The lowest BCUT2D eigenvalue weighted by Gasteiger charge is -2.33. The fourth-order valence-electron chi connectivity index (χ4n) is 4.54. The van der Waals surface area contributed by atoms with Crippen LogP contribution >= 0.6 is 0 Å². The topological polar surface area (TPSA) is 104 Å². The van der Waals surface area contributed by atoms with Crippen LogP contribution in [-0.2, 0) is 29.0 Å². The van der Waals surface area contributed by atoms with E-state index >= 15 is 0 Å². The second kappa shape index (κ2) is 8.64. The highest BCUT2D eigenvalue weighted by Crippen LogP contribution is 2.30. The van der Waals surface area contributed by atoms with Crippen LogP contribution < -0.4 is 5.32 Å². The van der Waals surface area contributed by atoms with Gasteiger partial charge in [0.1, 0.15) is 17.4 Å². The number of hydrogen-bond donors (Lipinski definition) is 1. The summed E-state index contributed by atoms with van der Waals surface area (Å²) in [5, 5.41) is 7.16. The molecule has 0 bridgehead atoms. The summed E-state index contributed by atoms with van der Waals surface area (Å²) in [5.41, 5.74) is 3.60. The van der Waals surface area contributed by atoms with E-state index in [2.05, 4.69) is 10.5 Å². The zero-order valence-electron chi connectivity index (χ0n) is 18.7. The predicted molar refractivity (Wildman–Crippen MR) is 115 cm³/mol. The maximum Gasteiger partial charge on any atom is 0.227 e. The van der Waals surface area contributed by atoms with E-state index in [1.165, 1.54) is 0 Å². The summed E-state index contributed by atoms with van der Waals surface area (Å²) in [7, 11) is 1.87. The standard InChI is InChI=1S/C22H30N6O3/c1-13-18(14(2)31-26-13)10-20(30)28-9-7-17-19(12-28)24-21(25-22(17)23-4)16-6-5-8-27(11-16)15(3)29/h16H,5-12H2,1-4H3,(H,23,24,25)/t16-/m0/s1. The van der Waals surface area contributed by atoms with Crippen molar-refractivity contribution in [3.05, 3.63) is 34.1 Å². The number of amides is 2. The number of nitrogens with zero attached hydrogens (tertiary/aromatic N) is 5. The number of aryl methyl sites for hydroxylation is 2. The largest absolute Gasteiger partial charge is 0.373 e. The molecule has 0 spiro atoms. The lowest BCUT2D eigenvalue weighted by molar-refractivity contribution is -0.131. The second-order valence-corrected chi connectivity index (χ2v) is 8.45. The van der Waals surface area contributed by atoms with Crippen molar-refractivity contribution in [3.8, 4) is 0 Å². The number of fused-ring (bicyclic) bond motifs is 1. The van der Waals surface area contributed by atoms with E-state index < -0.39 is 0 Å². The summed E-state index contributed by atoms with van der Waals surface area (Å²) in [6.45, 7) is 7.83. The molecule has 31 heavy (non-hydrogen) atoms. The number of aromatic nitrogens is 3. The molecule has 0 saturated carbocycles. The summed E-state index contributed by atoms with van der Waals surface area (Å²) < 4.78 is 5.20. The first-order valence-electron chi connectivity index (χ1n) is 10.9. The predicted octanol–water partition coefficient (Wildman–Crippen LogP) is 1.98. The van der Waals surface area contributed by atoms with Crippen LogP contribution in [0.4, 0.5) is 5.82 Å². The number of carbonyl (C=O) groups is 2. The third-order valence-corrected chi connectivity index (χ3v) is 6.41. The third-order valence-electron chi connectivity index (χ3n) is 6.41. The first kappa shape index (κ1) is 21.3. The fourth-order valence-corrected chi connectivity index (χ4v) is 4.54. The Balaban J connectivity index is 1.55. The van der Waals surface area contributed by atoms with E-state index in [0.29, 0.717) is 31.8 Å². The minimum Gasteiger partial charge on any atom is -0.373 e. The van der Waals surface area contributed by atoms with Gasteiger partial charge in [-0.05, 0) is 33.1 Å². The lowest BCUT2D eigenvalue weighted by Crippen LogP contribution is -2.40. The molecule has 0 aromatic carbocycles. The van der Waals surface area contributed by atoms with Crippen LogP contribution in [-0.4, -0.2) is 63.4 Å². The summed E-state index contributed by atoms with van der Waals surface area (Å²) in [6, 6.07) is 0. The van der Waals surface area contributed by atoms with E-state index in [1.54, 1.807) is 6.92 Å². The van der Waals surface area contributed by atoms with E-state index in [-0.39, 0.29) is 24.2 Å². The minimum absolute atomic E-state index is 0.0478. The normalized spacial score (nSPS) is 18.6. The molecule has 2 aromatic rings. The Labute approximate surface area is 182 Å². The van der Waals surface area contributed by atoms with E-state index in [1.807, 2.05) is 30.7 Å². The number of rotatable bonds is 4. The number of hydrogen-bond acceptors (Lipinski definition) is 7. The van der Waals surface area contributed by atoms with Crippen LogP contribution in [0.3, 0.4) is 0 Å². The number of likely N-dealkylation sites (tertiary alicyclic amines) is 1. The van der Waals surface area contributed by atoms with Crippen molar-refractivity contribution in [1.29, 1.82) is 0 Å². The Morgan fingerprint density at radius 2 is 2.00 bits per heavy atom. The van der Waals surface area contributed by atoms with Crippen molar-refractivity contribution in [3.63, 3.8) is 0 Å². The van der Waals surface area contributed by atoms with Crippen molar-refractivity contribution in [1.82, 2.24) is 24.9 Å². The molecule has 4 rings (SSSR count). The van der Waals surface area contributed by atoms with Gasteiger partial charge in [-0.1, -0.05) is 5.16 Å². The van der Waals surface area contributed by atoms with Crippen LogP contribution in [0.5, 0.6) is 0 Å². The van der Waals surface area contributed by atoms with E-state index in [9.17, 15) is 9.59 Å². The molecule has 2 aromatic heterocycles. The van der Waals surface area contributed by atoms with Crippen molar-refractivity contribution >= 4 is 17.6 Å². The first-order chi connectivity index (χ1) is 14.9. The molecule has 2 aliphatic rings. The van der Waals surface area contributed by atoms with Gasteiger partial charge in [0.05, 0.1) is 24.4 Å². The highest BCUT2D eigenvalue weighted by atomic mass is 16.5. The fraction of sp³-hybridized carbons (Fsp3) is 0.591. The van der Waals surface area contributed by atoms with Gasteiger partial charge in [-0.3, -0.25) is 9.59 Å². The van der Waals surface area contributed by atoms with Gasteiger partial charge >= 0.3 is 0 Å². The van der Waals surface area contributed by atoms with Crippen molar-refractivity contribution in [2.24, 2.45) is 0 Å². The number of piperidine rings is 1. The average Bonchev–Trinajstić information content (AvgIpc) is 3.09. The monoisotopic (exact) mass is 426 g/mol. The Morgan fingerprint density at radius 3 is 2.68 bits per heavy atom. The maximum atomic E-state index is 13.0. The molecule has 9 heteroatoms. The van der Waals surface area contributed by atoms with E-state index in [4.69, 9.17) is 14.5 Å². The van der Waals surface area contributed by atoms with Crippen LogP contribution in [0.1, 0.15) is 59.8 Å². The molecule has 4 heterocycles. The Bertz CT molecular complexity index is 982. The number of anilines is 1. The second-order valence-electron chi connectivity index (χ2n) is 8.45. The van der Waals surface area contributed by atoms with Gasteiger partial charge in [0.2, 0.25) is 11.8 Å². The summed E-state index contributed by atoms with van der Waals surface area (Å²) in [6.07, 6.45) is 2.90. The highest BCUT2D eigenvalue weighted by molar-refractivity contribution is 5.79. The number of nitrogens with one attached hydrogen (secondary N) is 1. The average molecular weight is 427 g/mol. The molecule has 1 saturated heterocycles. The summed E-state index contributed by atoms with van der Waals surface area (Å²) in [5.74, 6) is 2.53. The van der Waals surface area contributed by atoms with E-state index in [0.717, 1.165) is 53.5 Å². The smallest absolute Gasteiger partial charge is 0.227 e. The van der Waals surface area contributed by atoms with Gasteiger partial charge in [0.15, 0.2) is 0 Å². The Hall–Kier alpha value is -2.97. The van der Waals surface area contributed by atoms with Crippen LogP contribution in [0, 0.1) is 13.8 Å². The first-order valence-corrected chi connectivity index (χ1v) is 10.9. The summed E-state index contributed by atoms with van der Waals surface area (Å²) in [4.78, 5) is 38.2. The Morgan fingerprint density at radius 1 is 1.19 bits per heavy atom. The zero-order chi connectivity index (χ0) is 22.1. The quantitative estimate of drug-likeness (QED) is 0.797. The third kappa shape index (κ3) is 4.26.